The van der Waals surface area contributed by atoms with Gasteiger partial charge in [-0.25, -0.2) is 0 Å². The van der Waals surface area contributed by atoms with Gasteiger partial charge >= 0.3 is 0 Å². The van der Waals surface area contributed by atoms with Crippen molar-refractivity contribution in [2.45, 2.75) is 6.92 Å². The summed E-state index contributed by atoms with van der Waals surface area (Å²) in [5, 5.41) is 0. The van der Waals surface area contributed by atoms with Crippen LogP contribution in [0, 0.1) is 6.92 Å². The smallest absolute Gasteiger partial charge is 0.106 e. The van der Waals surface area contributed by atoms with E-state index in [-0.39, 0.29) is 0 Å². The second-order valence-electron chi connectivity index (χ2n) is 4.22. The molecule has 1 aromatic rings. The van der Waals surface area contributed by atoms with Crippen LogP contribution in [0.3, 0.4) is 0 Å². The minimum absolute atomic E-state index is 0.423. The number of anilines is 1. The summed E-state index contributed by atoms with van der Waals surface area (Å²) >= 11 is 5.08. The monoisotopic (exact) mass is 268 g/mol. The average Bonchev–Trinajstić information content (AvgIpc) is 2.29. The van der Waals surface area contributed by atoms with Crippen LogP contribution in [-0.4, -0.2) is 33.8 Å². The van der Waals surface area contributed by atoms with Crippen LogP contribution >= 0.6 is 12.2 Å². The maximum Gasteiger partial charge on any atom is 0.106 e. The van der Waals surface area contributed by atoms with Gasteiger partial charge in [0.15, 0.2) is 0 Å². The molecular formula is C12H16N2OS2. The summed E-state index contributed by atoms with van der Waals surface area (Å²) in [7, 11) is -0.663. The van der Waals surface area contributed by atoms with E-state index in [9.17, 15) is 4.21 Å². The number of nitrogens with zero attached hydrogens (tertiary/aromatic N) is 1. The Morgan fingerprint density at radius 1 is 1.41 bits per heavy atom. The molecule has 2 rings (SSSR count). The summed E-state index contributed by atoms with van der Waals surface area (Å²) in [4.78, 5) is 2.65. The SMILES string of the molecule is Cc1ccc(C(N)=S)c(N2CCS(=O)CC2)c1. The van der Waals surface area contributed by atoms with Crippen LogP contribution in [0.15, 0.2) is 18.2 Å². The van der Waals surface area contributed by atoms with E-state index in [0.29, 0.717) is 4.99 Å². The molecule has 0 spiro atoms. The van der Waals surface area contributed by atoms with E-state index >= 15 is 0 Å². The molecule has 0 radical (unpaired) electrons. The van der Waals surface area contributed by atoms with Crippen molar-refractivity contribution >= 4 is 33.7 Å². The van der Waals surface area contributed by atoms with Crippen molar-refractivity contribution in [2.24, 2.45) is 5.73 Å². The fourth-order valence-corrected chi connectivity index (χ4v) is 3.22. The Morgan fingerprint density at radius 2 is 2.06 bits per heavy atom. The van der Waals surface area contributed by atoms with Gasteiger partial charge in [-0.2, -0.15) is 0 Å². The van der Waals surface area contributed by atoms with Crippen molar-refractivity contribution in [3.05, 3.63) is 29.3 Å². The van der Waals surface area contributed by atoms with Gasteiger partial charge in [0, 0.05) is 46.6 Å². The lowest BCUT2D eigenvalue weighted by molar-refractivity contribution is 0.673. The summed E-state index contributed by atoms with van der Waals surface area (Å²) < 4.78 is 11.4. The predicted octanol–water partition coefficient (Wildman–Crippen LogP) is 1.20. The Morgan fingerprint density at radius 3 is 2.65 bits per heavy atom. The van der Waals surface area contributed by atoms with Gasteiger partial charge in [-0.3, -0.25) is 4.21 Å². The molecule has 0 atom stereocenters. The molecule has 1 fully saturated rings. The lowest BCUT2D eigenvalue weighted by Gasteiger charge is -2.30. The summed E-state index contributed by atoms with van der Waals surface area (Å²) in [6.07, 6.45) is 0. The highest BCUT2D eigenvalue weighted by Crippen LogP contribution is 2.23. The Bertz CT molecular complexity index is 464. The van der Waals surface area contributed by atoms with Gasteiger partial charge in [0.25, 0.3) is 0 Å². The zero-order valence-corrected chi connectivity index (χ0v) is 11.4. The van der Waals surface area contributed by atoms with E-state index in [1.807, 2.05) is 12.1 Å². The lowest BCUT2D eigenvalue weighted by atomic mass is 10.1. The fraction of sp³-hybridized carbons (Fsp3) is 0.417. The molecule has 0 saturated carbocycles. The predicted molar refractivity (Wildman–Crippen MR) is 77.2 cm³/mol. The van der Waals surface area contributed by atoms with Crippen molar-refractivity contribution in [3.63, 3.8) is 0 Å². The molecule has 1 aromatic carbocycles. The van der Waals surface area contributed by atoms with Crippen LogP contribution in [0.25, 0.3) is 0 Å². The van der Waals surface area contributed by atoms with Crippen LogP contribution < -0.4 is 10.6 Å². The Labute approximate surface area is 109 Å². The van der Waals surface area contributed by atoms with Crippen LogP contribution in [0.5, 0.6) is 0 Å². The number of thiocarbonyl (C=S) groups is 1. The summed E-state index contributed by atoms with van der Waals surface area (Å²) in [5.41, 5.74) is 8.92. The minimum atomic E-state index is -0.663. The highest BCUT2D eigenvalue weighted by molar-refractivity contribution is 7.85. The molecule has 1 heterocycles. The van der Waals surface area contributed by atoms with Crippen LogP contribution in [0.2, 0.25) is 0 Å². The summed E-state index contributed by atoms with van der Waals surface area (Å²) in [6, 6.07) is 6.08. The molecule has 5 heteroatoms. The minimum Gasteiger partial charge on any atom is -0.389 e. The molecule has 0 unspecified atom stereocenters. The summed E-state index contributed by atoms with van der Waals surface area (Å²) in [6.45, 7) is 3.67. The number of rotatable bonds is 2. The topological polar surface area (TPSA) is 46.3 Å². The summed E-state index contributed by atoms with van der Waals surface area (Å²) in [5.74, 6) is 1.45. The average molecular weight is 268 g/mol. The molecule has 0 aliphatic carbocycles. The third-order valence-electron chi connectivity index (χ3n) is 2.94. The Balaban J connectivity index is 2.33. The third kappa shape index (κ3) is 2.84. The maximum atomic E-state index is 11.4. The molecule has 3 nitrogen and oxygen atoms in total. The molecule has 2 N–H and O–H groups in total. The number of aryl methyl sites for hydroxylation is 1. The highest BCUT2D eigenvalue weighted by Gasteiger charge is 2.18. The first kappa shape index (κ1) is 12.5. The number of hydrogen-bond donors (Lipinski definition) is 1. The van der Waals surface area contributed by atoms with E-state index in [1.54, 1.807) is 0 Å². The number of nitrogens with two attached hydrogens (primary N) is 1. The third-order valence-corrected chi connectivity index (χ3v) is 4.43. The van der Waals surface area contributed by atoms with Crippen LogP contribution in [0.1, 0.15) is 11.1 Å². The first-order valence-corrected chi connectivity index (χ1v) is 7.48. The van der Waals surface area contributed by atoms with Gasteiger partial charge in [0.1, 0.15) is 4.99 Å². The molecule has 0 bridgehead atoms. The molecule has 1 saturated heterocycles. The van der Waals surface area contributed by atoms with Gasteiger partial charge in [-0.05, 0) is 24.6 Å². The van der Waals surface area contributed by atoms with Gasteiger partial charge in [0.2, 0.25) is 0 Å². The van der Waals surface area contributed by atoms with Gasteiger partial charge < -0.3 is 10.6 Å². The normalized spacial score (nSPS) is 17.1. The van der Waals surface area contributed by atoms with Crippen molar-refractivity contribution in [1.29, 1.82) is 0 Å². The fourth-order valence-electron chi connectivity index (χ4n) is 1.99. The first-order valence-electron chi connectivity index (χ1n) is 5.58. The van der Waals surface area contributed by atoms with E-state index in [4.69, 9.17) is 18.0 Å². The van der Waals surface area contributed by atoms with E-state index in [1.165, 1.54) is 5.56 Å². The standard InChI is InChI=1S/C12H16N2OS2/c1-9-2-3-10(12(13)16)11(8-9)14-4-6-17(15)7-5-14/h2-3,8H,4-7H2,1H3,(H2,13,16). The molecule has 1 aliphatic rings. The number of hydrogen-bond acceptors (Lipinski definition) is 3. The zero-order chi connectivity index (χ0) is 12.4. The molecule has 0 amide bonds. The van der Waals surface area contributed by atoms with Gasteiger partial charge in [0.05, 0.1) is 0 Å². The lowest BCUT2D eigenvalue weighted by Crippen LogP contribution is -2.38. The Hall–Kier alpha value is -0.940. The largest absolute Gasteiger partial charge is 0.389 e. The second-order valence-corrected chi connectivity index (χ2v) is 6.36. The zero-order valence-electron chi connectivity index (χ0n) is 9.81. The van der Waals surface area contributed by atoms with Gasteiger partial charge in [-0.15, -0.1) is 0 Å². The van der Waals surface area contributed by atoms with Gasteiger partial charge in [-0.1, -0.05) is 18.3 Å². The highest BCUT2D eigenvalue weighted by atomic mass is 32.2. The van der Waals surface area contributed by atoms with E-state index < -0.39 is 10.8 Å². The van der Waals surface area contributed by atoms with E-state index in [0.717, 1.165) is 35.8 Å². The molecule has 17 heavy (non-hydrogen) atoms. The first-order chi connectivity index (χ1) is 8.08. The molecule has 1 aliphatic heterocycles. The van der Waals surface area contributed by atoms with Crippen molar-refractivity contribution in [1.82, 2.24) is 0 Å². The van der Waals surface area contributed by atoms with E-state index in [2.05, 4.69) is 17.9 Å². The molecular weight excluding hydrogens is 252 g/mol. The van der Waals surface area contributed by atoms with Crippen molar-refractivity contribution in [2.75, 3.05) is 29.5 Å². The molecule has 92 valence electrons. The Kier molecular flexibility index (Phi) is 3.79. The molecule has 0 aromatic heterocycles. The van der Waals surface area contributed by atoms with Crippen LogP contribution in [0.4, 0.5) is 5.69 Å². The quantitative estimate of drug-likeness (QED) is 0.819. The number of benzene rings is 1. The maximum absolute atomic E-state index is 11.4. The second kappa shape index (κ2) is 5.14. The van der Waals surface area contributed by atoms with Crippen molar-refractivity contribution < 1.29 is 4.21 Å². The van der Waals surface area contributed by atoms with Crippen LogP contribution in [-0.2, 0) is 10.8 Å². The van der Waals surface area contributed by atoms with Crippen molar-refractivity contribution in [3.8, 4) is 0 Å².